The van der Waals surface area contributed by atoms with Crippen LogP contribution in [-0.2, 0) is 16.0 Å². The summed E-state index contributed by atoms with van der Waals surface area (Å²) in [6.45, 7) is 8.77. The molecule has 1 saturated carbocycles. The van der Waals surface area contributed by atoms with Crippen LogP contribution >= 0.6 is 0 Å². The number of amides is 2. The Kier molecular flexibility index (Phi) is 5.68. The Bertz CT molecular complexity index is 1040. The molecule has 2 aliphatic heterocycles. The first-order chi connectivity index (χ1) is 15.4. The van der Waals surface area contributed by atoms with Crippen molar-refractivity contribution in [2.75, 3.05) is 19.6 Å². The Hall–Kier alpha value is -2.44. The van der Waals surface area contributed by atoms with E-state index in [0.717, 1.165) is 80.0 Å². The van der Waals surface area contributed by atoms with Crippen molar-refractivity contribution in [1.29, 1.82) is 0 Å². The van der Waals surface area contributed by atoms with Crippen LogP contribution in [0, 0.1) is 19.8 Å². The fourth-order valence-corrected chi connectivity index (χ4v) is 5.54. The Labute approximate surface area is 190 Å². The molecule has 0 spiro atoms. The first-order valence-corrected chi connectivity index (χ1v) is 12.4. The van der Waals surface area contributed by atoms with Gasteiger partial charge in [-0.05, 0) is 71.3 Å². The van der Waals surface area contributed by atoms with Crippen LogP contribution in [0.5, 0.6) is 0 Å². The van der Waals surface area contributed by atoms with Crippen molar-refractivity contribution < 1.29 is 9.59 Å². The predicted molar refractivity (Wildman–Crippen MR) is 122 cm³/mol. The van der Waals surface area contributed by atoms with Crippen molar-refractivity contribution in [1.82, 2.24) is 24.4 Å². The third-order valence-electron chi connectivity index (χ3n) is 7.74. The summed E-state index contributed by atoms with van der Waals surface area (Å²) in [6.07, 6.45) is 7.74. The van der Waals surface area contributed by atoms with E-state index in [2.05, 4.69) is 24.8 Å². The minimum atomic E-state index is 0.253. The van der Waals surface area contributed by atoms with Crippen molar-refractivity contribution >= 4 is 17.5 Å². The number of nitrogens with zero attached hydrogens (tertiary/aromatic N) is 5. The molecule has 2 amide bonds. The van der Waals surface area contributed by atoms with Crippen molar-refractivity contribution in [3.63, 3.8) is 0 Å². The first kappa shape index (κ1) is 21.4. The molecule has 2 saturated heterocycles. The topological polar surface area (TPSA) is 70.8 Å². The van der Waals surface area contributed by atoms with Crippen LogP contribution in [0.4, 0.5) is 0 Å². The molecule has 0 bridgehead atoms. The van der Waals surface area contributed by atoms with E-state index >= 15 is 0 Å². The normalized spacial score (nSPS) is 23.8. The van der Waals surface area contributed by atoms with Crippen LogP contribution in [0.1, 0.15) is 80.4 Å². The molecule has 4 heterocycles. The highest BCUT2D eigenvalue weighted by molar-refractivity contribution is 5.81. The molecular weight excluding hydrogens is 402 g/mol. The number of carbonyl (C=O) groups is 2. The summed E-state index contributed by atoms with van der Waals surface area (Å²) < 4.78 is 1.94. The fraction of sp³-hybridized carbons (Fsp3) is 0.680. The molecule has 2 atom stereocenters. The number of aryl methyl sites for hydroxylation is 2. The lowest BCUT2D eigenvalue weighted by Gasteiger charge is -2.33. The van der Waals surface area contributed by atoms with Gasteiger partial charge >= 0.3 is 0 Å². The molecule has 5 rings (SSSR count). The monoisotopic (exact) mass is 437 g/mol. The summed E-state index contributed by atoms with van der Waals surface area (Å²) in [5.41, 5.74) is 5.07. The molecular formula is C25H35N5O2. The molecule has 3 fully saturated rings. The Morgan fingerprint density at radius 3 is 2.66 bits per heavy atom. The van der Waals surface area contributed by atoms with Gasteiger partial charge in [-0.3, -0.25) is 9.59 Å². The molecule has 1 aliphatic carbocycles. The predicted octanol–water partition coefficient (Wildman–Crippen LogP) is 3.41. The maximum absolute atomic E-state index is 12.8. The van der Waals surface area contributed by atoms with Gasteiger partial charge in [-0.1, -0.05) is 0 Å². The molecule has 0 aromatic carbocycles. The standard InChI is InChI=1S/C25H35N5O2/c1-16-6-4-5-12-29(16)24(31)10-9-21-17(2)26-23-14-22(27-30(23)18(21)3)20-11-13-28(15-20)25(32)19-7-8-19/h14,16,19-20H,4-13,15H2,1-3H3/t16-,20+/m1/s1. The number of hydrogen-bond acceptors (Lipinski definition) is 4. The number of fused-ring (bicyclic) bond motifs is 1. The van der Waals surface area contributed by atoms with Gasteiger partial charge in [0.15, 0.2) is 5.65 Å². The fourth-order valence-electron chi connectivity index (χ4n) is 5.54. The summed E-state index contributed by atoms with van der Waals surface area (Å²) in [5, 5.41) is 4.90. The van der Waals surface area contributed by atoms with E-state index in [0.29, 0.717) is 24.8 Å². The van der Waals surface area contributed by atoms with Gasteiger partial charge in [-0.15, -0.1) is 0 Å². The van der Waals surface area contributed by atoms with Gasteiger partial charge in [-0.2, -0.15) is 5.10 Å². The molecule has 7 heteroatoms. The lowest BCUT2D eigenvalue weighted by atomic mass is 10.0. The molecule has 0 radical (unpaired) electrons. The van der Waals surface area contributed by atoms with Crippen LogP contribution in [0.25, 0.3) is 5.65 Å². The SMILES string of the molecule is Cc1nc2cc([C@H]3CCN(C(=O)C4CC4)C3)nn2c(C)c1CCC(=O)N1CCCC[C@H]1C. The summed E-state index contributed by atoms with van der Waals surface area (Å²) in [7, 11) is 0. The Morgan fingerprint density at radius 1 is 1.09 bits per heavy atom. The average Bonchev–Trinajstić information content (AvgIpc) is 3.35. The van der Waals surface area contributed by atoms with E-state index in [-0.39, 0.29) is 17.7 Å². The second kappa shape index (κ2) is 8.49. The second-order valence-corrected chi connectivity index (χ2v) is 10.1. The molecule has 32 heavy (non-hydrogen) atoms. The van der Waals surface area contributed by atoms with Crippen molar-refractivity contribution in [2.24, 2.45) is 5.92 Å². The minimum absolute atomic E-state index is 0.253. The van der Waals surface area contributed by atoms with E-state index in [9.17, 15) is 9.59 Å². The van der Waals surface area contributed by atoms with E-state index in [1.165, 1.54) is 6.42 Å². The summed E-state index contributed by atoms with van der Waals surface area (Å²) >= 11 is 0. The Balaban J connectivity index is 1.31. The van der Waals surface area contributed by atoms with E-state index in [1.54, 1.807) is 0 Å². The van der Waals surface area contributed by atoms with Gasteiger partial charge in [0, 0.05) is 61.4 Å². The smallest absolute Gasteiger partial charge is 0.225 e. The van der Waals surface area contributed by atoms with Gasteiger partial charge in [-0.25, -0.2) is 9.50 Å². The molecule has 2 aromatic heterocycles. The van der Waals surface area contributed by atoms with Crippen LogP contribution in [-0.4, -0.2) is 61.9 Å². The van der Waals surface area contributed by atoms with E-state index in [4.69, 9.17) is 10.1 Å². The third kappa shape index (κ3) is 4.02. The van der Waals surface area contributed by atoms with Gasteiger partial charge in [0.2, 0.25) is 11.8 Å². The lowest BCUT2D eigenvalue weighted by molar-refractivity contribution is -0.134. The second-order valence-electron chi connectivity index (χ2n) is 10.1. The number of hydrogen-bond donors (Lipinski definition) is 0. The third-order valence-corrected chi connectivity index (χ3v) is 7.74. The minimum Gasteiger partial charge on any atom is -0.342 e. The molecule has 7 nitrogen and oxygen atoms in total. The highest BCUT2D eigenvalue weighted by atomic mass is 16.2. The molecule has 0 N–H and O–H groups in total. The van der Waals surface area contributed by atoms with Gasteiger partial charge in [0.25, 0.3) is 0 Å². The van der Waals surface area contributed by atoms with Crippen molar-refractivity contribution in [3.8, 4) is 0 Å². The maximum Gasteiger partial charge on any atom is 0.225 e. The molecule has 2 aromatic rings. The van der Waals surface area contributed by atoms with Crippen LogP contribution < -0.4 is 0 Å². The highest BCUT2D eigenvalue weighted by Gasteiger charge is 2.37. The van der Waals surface area contributed by atoms with Crippen molar-refractivity contribution in [3.05, 3.63) is 28.7 Å². The summed E-state index contributed by atoms with van der Waals surface area (Å²) in [5.74, 6) is 1.14. The largest absolute Gasteiger partial charge is 0.342 e. The zero-order valence-corrected chi connectivity index (χ0v) is 19.6. The zero-order valence-electron chi connectivity index (χ0n) is 19.6. The maximum atomic E-state index is 12.8. The average molecular weight is 438 g/mol. The Morgan fingerprint density at radius 2 is 1.91 bits per heavy atom. The molecule has 0 unspecified atom stereocenters. The highest BCUT2D eigenvalue weighted by Crippen LogP contribution is 2.35. The summed E-state index contributed by atoms with van der Waals surface area (Å²) in [6, 6.07) is 2.44. The first-order valence-electron chi connectivity index (χ1n) is 12.4. The number of aromatic nitrogens is 3. The van der Waals surface area contributed by atoms with E-state index in [1.807, 2.05) is 16.3 Å². The number of likely N-dealkylation sites (tertiary alicyclic amines) is 2. The van der Waals surface area contributed by atoms with E-state index < -0.39 is 0 Å². The quantitative estimate of drug-likeness (QED) is 0.719. The van der Waals surface area contributed by atoms with Gasteiger partial charge in [0.05, 0.1) is 5.69 Å². The number of piperidine rings is 1. The van der Waals surface area contributed by atoms with Crippen LogP contribution in [0.2, 0.25) is 0 Å². The molecule has 3 aliphatic rings. The van der Waals surface area contributed by atoms with Crippen LogP contribution in [0.3, 0.4) is 0 Å². The van der Waals surface area contributed by atoms with Crippen molar-refractivity contribution in [2.45, 2.75) is 84.1 Å². The lowest BCUT2D eigenvalue weighted by Crippen LogP contribution is -2.42. The van der Waals surface area contributed by atoms with Gasteiger partial charge in [0.1, 0.15) is 0 Å². The zero-order chi connectivity index (χ0) is 22.4. The summed E-state index contributed by atoms with van der Waals surface area (Å²) in [4.78, 5) is 34.2. The number of rotatable bonds is 5. The molecule has 172 valence electrons. The van der Waals surface area contributed by atoms with Crippen LogP contribution in [0.15, 0.2) is 6.07 Å². The number of carbonyl (C=O) groups excluding carboxylic acids is 2. The van der Waals surface area contributed by atoms with Gasteiger partial charge < -0.3 is 9.80 Å².